The molecular formula is C17H25NO. The number of hydrogen-bond donors (Lipinski definition) is 1. The average Bonchev–Trinajstić information content (AvgIpc) is 2.34. The molecule has 0 saturated heterocycles. The summed E-state index contributed by atoms with van der Waals surface area (Å²) in [5, 5.41) is 3.72. The molecule has 2 aliphatic carbocycles. The van der Waals surface area contributed by atoms with Gasteiger partial charge in [0.15, 0.2) is 0 Å². The lowest BCUT2D eigenvalue weighted by Gasteiger charge is -2.37. The standard InChI is InChI=1S/C17H25NO/c1-19-17-7-5-14(6-8-17)15-11-16(12-15)18-10-9-13-3-2-4-13/h5-8,13,15-16,18H,2-4,9-12H2,1H3. The van der Waals surface area contributed by atoms with Crippen LogP contribution in [0.2, 0.25) is 0 Å². The van der Waals surface area contributed by atoms with Gasteiger partial charge < -0.3 is 10.1 Å². The molecule has 0 heterocycles. The summed E-state index contributed by atoms with van der Waals surface area (Å²) in [5.74, 6) is 2.75. The third-order valence-electron chi connectivity index (χ3n) is 4.94. The van der Waals surface area contributed by atoms with Crippen molar-refractivity contribution in [1.82, 2.24) is 5.32 Å². The first-order valence-electron chi connectivity index (χ1n) is 7.72. The minimum atomic E-state index is 0.757. The summed E-state index contributed by atoms with van der Waals surface area (Å²) in [4.78, 5) is 0. The molecule has 0 spiro atoms. The Morgan fingerprint density at radius 2 is 1.89 bits per heavy atom. The lowest BCUT2D eigenvalue weighted by atomic mass is 9.75. The number of rotatable bonds is 6. The number of hydrogen-bond acceptors (Lipinski definition) is 2. The van der Waals surface area contributed by atoms with Gasteiger partial charge in [-0.25, -0.2) is 0 Å². The molecule has 3 rings (SSSR count). The molecule has 0 amide bonds. The minimum absolute atomic E-state index is 0.757. The van der Waals surface area contributed by atoms with E-state index >= 15 is 0 Å². The van der Waals surface area contributed by atoms with Crippen molar-refractivity contribution in [3.63, 3.8) is 0 Å². The molecule has 2 nitrogen and oxygen atoms in total. The second-order valence-corrected chi connectivity index (χ2v) is 6.18. The van der Waals surface area contributed by atoms with Gasteiger partial charge in [-0.3, -0.25) is 0 Å². The normalized spacial score (nSPS) is 26.6. The van der Waals surface area contributed by atoms with Crippen LogP contribution < -0.4 is 10.1 Å². The van der Waals surface area contributed by atoms with Crippen molar-refractivity contribution in [2.75, 3.05) is 13.7 Å². The molecule has 0 aromatic heterocycles. The molecule has 0 bridgehead atoms. The molecular weight excluding hydrogens is 234 g/mol. The van der Waals surface area contributed by atoms with E-state index in [1.165, 1.54) is 50.6 Å². The first-order valence-corrected chi connectivity index (χ1v) is 7.72. The Hall–Kier alpha value is -1.02. The Morgan fingerprint density at radius 1 is 1.16 bits per heavy atom. The summed E-state index contributed by atoms with van der Waals surface area (Å²) in [6.45, 7) is 1.23. The highest BCUT2D eigenvalue weighted by Crippen LogP contribution is 2.37. The van der Waals surface area contributed by atoms with Crippen LogP contribution in [-0.4, -0.2) is 19.7 Å². The number of benzene rings is 1. The first-order chi connectivity index (χ1) is 9.35. The molecule has 104 valence electrons. The molecule has 0 aliphatic heterocycles. The summed E-state index contributed by atoms with van der Waals surface area (Å²) in [6.07, 6.45) is 8.41. The zero-order valence-electron chi connectivity index (χ0n) is 11.9. The molecule has 0 radical (unpaired) electrons. The van der Waals surface area contributed by atoms with E-state index in [-0.39, 0.29) is 0 Å². The summed E-state index contributed by atoms with van der Waals surface area (Å²) in [6, 6.07) is 9.34. The monoisotopic (exact) mass is 259 g/mol. The van der Waals surface area contributed by atoms with E-state index in [0.717, 1.165) is 23.6 Å². The van der Waals surface area contributed by atoms with Crippen LogP contribution >= 0.6 is 0 Å². The van der Waals surface area contributed by atoms with E-state index < -0.39 is 0 Å². The fourth-order valence-corrected chi connectivity index (χ4v) is 3.21. The van der Waals surface area contributed by atoms with Crippen LogP contribution in [0.4, 0.5) is 0 Å². The number of nitrogens with one attached hydrogen (secondary N) is 1. The fourth-order valence-electron chi connectivity index (χ4n) is 3.21. The first kappa shape index (κ1) is 13.0. The summed E-state index contributed by atoms with van der Waals surface area (Å²) >= 11 is 0. The van der Waals surface area contributed by atoms with Crippen molar-refractivity contribution in [1.29, 1.82) is 0 Å². The molecule has 2 saturated carbocycles. The molecule has 2 aliphatic rings. The third kappa shape index (κ3) is 3.11. The maximum atomic E-state index is 5.20. The highest BCUT2D eigenvalue weighted by Gasteiger charge is 2.30. The van der Waals surface area contributed by atoms with Crippen LogP contribution in [0.15, 0.2) is 24.3 Å². The maximum absolute atomic E-state index is 5.20. The zero-order chi connectivity index (χ0) is 13.1. The molecule has 1 aromatic carbocycles. The van der Waals surface area contributed by atoms with Gasteiger partial charge in [-0.1, -0.05) is 31.4 Å². The van der Waals surface area contributed by atoms with Crippen molar-refractivity contribution < 1.29 is 4.74 Å². The molecule has 0 atom stereocenters. The van der Waals surface area contributed by atoms with E-state index in [0.29, 0.717) is 0 Å². The van der Waals surface area contributed by atoms with E-state index in [9.17, 15) is 0 Å². The predicted octanol–water partition coefficient (Wildman–Crippen LogP) is 3.72. The predicted molar refractivity (Wildman–Crippen MR) is 78.7 cm³/mol. The van der Waals surface area contributed by atoms with E-state index in [1.807, 2.05) is 0 Å². The van der Waals surface area contributed by atoms with Gasteiger partial charge in [-0.05, 0) is 55.3 Å². The van der Waals surface area contributed by atoms with Crippen LogP contribution in [-0.2, 0) is 0 Å². The SMILES string of the molecule is COc1ccc(C2CC(NCCC3CCC3)C2)cc1. The third-order valence-corrected chi connectivity index (χ3v) is 4.94. The van der Waals surface area contributed by atoms with E-state index in [2.05, 4.69) is 29.6 Å². The van der Waals surface area contributed by atoms with Crippen molar-refractivity contribution in [2.24, 2.45) is 5.92 Å². The van der Waals surface area contributed by atoms with Crippen molar-refractivity contribution in [3.8, 4) is 5.75 Å². The molecule has 19 heavy (non-hydrogen) atoms. The van der Waals surface area contributed by atoms with Gasteiger partial charge in [0.2, 0.25) is 0 Å². The van der Waals surface area contributed by atoms with Gasteiger partial charge >= 0.3 is 0 Å². The summed E-state index contributed by atoms with van der Waals surface area (Å²) in [7, 11) is 1.72. The smallest absolute Gasteiger partial charge is 0.118 e. The van der Waals surface area contributed by atoms with E-state index in [4.69, 9.17) is 4.74 Å². The molecule has 0 unspecified atom stereocenters. The van der Waals surface area contributed by atoms with Crippen molar-refractivity contribution >= 4 is 0 Å². The largest absolute Gasteiger partial charge is 0.497 e. The van der Waals surface area contributed by atoms with Gasteiger partial charge in [-0.2, -0.15) is 0 Å². The topological polar surface area (TPSA) is 21.3 Å². The second kappa shape index (κ2) is 5.96. The number of methoxy groups -OCH3 is 1. The Bertz CT molecular complexity index is 390. The van der Waals surface area contributed by atoms with E-state index in [1.54, 1.807) is 7.11 Å². The summed E-state index contributed by atoms with van der Waals surface area (Å²) in [5.41, 5.74) is 1.47. The summed E-state index contributed by atoms with van der Waals surface area (Å²) < 4.78 is 5.20. The minimum Gasteiger partial charge on any atom is -0.497 e. The quantitative estimate of drug-likeness (QED) is 0.840. The average molecular weight is 259 g/mol. The molecule has 2 heteroatoms. The molecule has 2 fully saturated rings. The van der Waals surface area contributed by atoms with Crippen LogP contribution in [0.5, 0.6) is 5.75 Å². The van der Waals surface area contributed by atoms with Gasteiger partial charge in [-0.15, -0.1) is 0 Å². The Balaban J connectivity index is 1.36. The molecule has 1 N–H and O–H groups in total. The Morgan fingerprint density at radius 3 is 2.47 bits per heavy atom. The van der Waals surface area contributed by atoms with Crippen LogP contribution in [0.1, 0.15) is 50.0 Å². The van der Waals surface area contributed by atoms with Gasteiger partial charge in [0.25, 0.3) is 0 Å². The van der Waals surface area contributed by atoms with Gasteiger partial charge in [0, 0.05) is 6.04 Å². The number of ether oxygens (including phenoxy) is 1. The molecule has 1 aromatic rings. The second-order valence-electron chi connectivity index (χ2n) is 6.18. The van der Waals surface area contributed by atoms with Gasteiger partial charge in [0.05, 0.1) is 7.11 Å². The van der Waals surface area contributed by atoms with Crippen LogP contribution in [0.25, 0.3) is 0 Å². The Kier molecular flexibility index (Phi) is 4.07. The highest BCUT2D eigenvalue weighted by molar-refractivity contribution is 5.30. The van der Waals surface area contributed by atoms with Gasteiger partial charge in [0.1, 0.15) is 5.75 Å². The zero-order valence-corrected chi connectivity index (χ0v) is 11.9. The highest BCUT2D eigenvalue weighted by atomic mass is 16.5. The van der Waals surface area contributed by atoms with Crippen LogP contribution in [0.3, 0.4) is 0 Å². The van der Waals surface area contributed by atoms with Crippen LogP contribution in [0, 0.1) is 5.92 Å². The maximum Gasteiger partial charge on any atom is 0.118 e. The lowest BCUT2D eigenvalue weighted by Crippen LogP contribution is -2.41. The fraction of sp³-hybridized carbons (Fsp3) is 0.647. The van der Waals surface area contributed by atoms with Crippen molar-refractivity contribution in [3.05, 3.63) is 29.8 Å². The Labute approximate surface area is 116 Å². The van der Waals surface area contributed by atoms with Crippen molar-refractivity contribution in [2.45, 2.75) is 50.5 Å². The lowest BCUT2D eigenvalue weighted by molar-refractivity contribution is 0.254.